The van der Waals surface area contributed by atoms with Gasteiger partial charge in [0.05, 0.1) is 19.0 Å². The van der Waals surface area contributed by atoms with Crippen LogP contribution < -0.4 is 5.32 Å². The molecule has 2 heterocycles. The summed E-state index contributed by atoms with van der Waals surface area (Å²) in [5.74, 6) is 0.127. The van der Waals surface area contributed by atoms with Gasteiger partial charge in [0.1, 0.15) is 0 Å². The van der Waals surface area contributed by atoms with E-state index in [-0.39, 0.29) is 5.91 Å². The highest BCUT2D eigenvalue weighted by molar-refractivity contribution is 9.11. The Balaban J connectivity index is 1.37. The lowest BCUT2D eigenvalue weighted by atomic mass is 10.2. The minimum atomic E-state index is 0.127. The van der Waals surface area contributed by atoms with E-state index in [1.165, 1.54) is 9.58 Å². The normalized spacial score (nSPS) is 11.0. The highest BCUT2D eigenvalue weighted by Crippen LogP contribution is 2.23. The SMILES string of the molecule is O=C(CCCc1ccc(Br)s1)NCCc1nc2ccccc2s1. The number of thiazole rings is 1. The van der Waals surface area contributed by atoms with E-state index in [0.717, 1.165) is 33.6 Å². The van der Waals surface area contributed by atoms with Crippen molar-refractivity contribution in [3.8, 4) is 0 Å². The molecule has 1 N–H and O–H groups in total. The van der Waals surface area contributed by atoms with Crippen molar-refractivity contribution in [2.24, 2.45) is 0 Å². The van der Waals surface area contributed by atoms with Gasteiger partial charge in [-0.2, -0.15) is 0 Å². The monoisotopic (exact) mass is 408 g/mol. The van der Waals surface area contributed by atoms with Crippen LogP contribution in [0.3, 0.4) is 0 Å². The van der Waals surface area contributed by atoms with Gasteiger partial charge >= 0.3 is 0 Å². The number of rotatable bonds is 7. The largest absolute Gasteiger partial charge is 0.356 e. The zero-order valence-corrected chi connectivity index (χ0v) is 15.8. The number of thiophene rings is 1. The lowest BCUT2D eigenvalue weighted by Gasteiger charge is -2.03. The van der Waals surface area contributed by atoms with Crippen molar-refractivity contribution in [2.45, 2.75) is 25.7 Å². The molecule has 3 nitrogen and oxygen atoms in total. The van der Waals surface area contributed by atoms with E-state index in [9.17, 15) is 4.79 Å². The summed E-state index contributed by atoms with van der Waals surface area (Å²) in [7, 11) is 0. The van der Waals surface area contributed by atoms with Crippen LogP contribution >= 0.6 is 38.6 Å². The van der Waals surface area contributed by atoms with Gasteiger partial charge in [-0.1, -0.05) is 12.1 Å². The number of nitrogens with one attached hydrogen (secondary N) is 1. The Hall–Kier alpha value is -1.24. The molecule has 0 unspecified atom stereocenters. The third-order valence-electron chi connectivity index (χ3n) is 3.46. The Kier molecular flexibility index (Phi) is 5.80. The van der Waals surface area contributed by atoms with Gasteiger partial charge in [0.25, 0.3) is 0 Å². The molecule has 3 rings (SSSR count). The number of benzene rings is 1. The Labute approximate surface area is 151 Å². The number of halogens is 1. The van der Waals surface area contributed by atoms with Gasteiger partial charge in [-0.3, -0.25) is 4.79 Å². The molecule has 0 saturated heterocycles. The minimum Gasteiger partial charge on any atom is -0.356 e. The molecule has 23 heavy (non-hydrogen) atoms. The van der Waals surface area contributed by atoms with Crippen molar-refractivity contribution in [3.63, 3.8) is 0 Å². The number of hydrogen-bond acceptors (Lipinski definition) is 4. The number of aryl methyl sites for hydroxylation is 1. The van der Waals surface area contributed by atoms with Gasteiger partial charge in [0.2, 0.25) is 5.91 Å². The zero-order valence-electron chi connectivity index (χ0n) is 12.5. The van der Waals surface area contributed by atoms with E-state index >= 15 is 0 Å². The first-order valence-corrected chi connectivity index (χ1v) is 9.99. The first-order valence-electron chi connectivity index (χ1n) is 7.56. The van der Waals surface area contributed by atoms with Crippen LogP contribution in [0.1, 0.15) is 22.7 Å². The standard InChI is InChI=1S/C17H17BrN2OS2/c18-15-9-8-12(22-15)4-3-7-16(21)19-11-10-17-20-13-5-1-2-6-14(13)23-17/h1-2,5-6,8-9H,3-4,7,10-11H2,(H,19,21). The number of carbonyl (C=O) groups excluding carboxylic acids is 1. The average molecular weight is 409 g/mol. The highest BCUT2D eigenvalue weighted by Gasteiger charge is 2.05. The molecule has 6 heteroatoms. The van der Waals surface area contributed by atoms with Gasteiger partial charge in [-0.25, -0.2) is 4.98 Å². The number of hydrogen-bond donors (Lipinski definition) is 1. The molecular formula is C17H17BrN2OS2. The summed E-state index contributed by atoms with van der Waals surface area (Å²) in [6.45, 7) is 0.656. The second-order valence-corrected chi connectivity index (χ2v) is 8.90. The first-order chi connectivity index (χ1) is 11.2. The van der Waals surface area contributed by atoms with E-state index in [2.05, 4.69) is 44.4 Å². The predicted molar refractivity (Wildman–Crippen MR) is 101 cm³/mol. The Bertz CT molecular complexity index is 764. The third-order valence-corrected chi connectivity index (χ3v) is 6.23. The van der Waals surface area contributed by atoms with E-state index < -0.39 is 0 Å². The van der Waals surface area contributed by atoms with Crippen LogP contribution in [0.5, 0.6) is 0 Å². The number of fused-ring (bicyclic) bond motifs is 1. The lowest BCUT2D eigenvalue weighted by Crippen LogP contribution is -2.25. The molecule has 0 aliphatic rings. The van der Waals surface area contributed by atoms with E-state index in [1.807, 2.05) is 18.2 Å². The molecule has 2 aromatic heterocycles. The Morgan fingerprint density at radius 3 is 2.78 bits per heavy atom. The molecule has 0 fully saturated rings. The molecule has 0 aliphatic heterocycles. The number of aromatic nitrogens is 1. The van der Waals surface area contributed by atoms with Crippen LogP contribution in [0.25, 0.3) is 10.2 Å². The molecule has 0 atom stereocenters. The second kappa shape index (κ2) is 8.04. The van der Waals surface area contributed by atoms with Crippen LogP contribution in [0.15, 0.2) is 40.2 Å². The quantitative estimate of drug-likeness (QED) is 0.609. The summed E-state index contributed by atoms with van der Waals surface area (Å²) in [6.07, 6.45) is 3.22. The number of carbonyl (C=O) groups is 1. The van der Waals surface area contributed by atoms with Crippen molar-refractivity contribution < 1.29 is 4.79 Å². The Morgan fingerprint density at radius 1 is 1.13 bits per heavy atom. The summed E-state index contributed by atoms with van der Waals surface area (Å²) in [4.78, 5) is 17.8. The number of amides is 1. The maximum atomic E-state index is 11.9. The summed E-state index contributed by atoms with van der Waals surface area (Å²) < 4.78 is 2.35. The molecule has 0 spiro atoms. The molecular weight excluding hydrogens is 392 g/mol. The lowest BCUT2D eigenvalue weighted by molar-refractivity contribution is -0.121. The molecule has 0 radical (unpaired) electrons. The van der Waals surface area contributed by atoms with Gasteiger partial charge < -0.3 is 5.32 Å². The highest BCUT2D eigenvalue weighted by atomic mass is 79.9. The average Bonchev–Trinajstić information content (AvgIpc) is 3.13. The van der Waals surface area contributed by atoms with Gasteiger partial charge in [0.15, 0.2) is 0 Å². The van der Waals surface area contributed by atoms with Crippen molar-refractivity contribution in [2.75, 3.05) is 6.54 Å². The second-order valence-electron chi connectivity index (χ2n) is 5.23. The molecule has 0 saturated carbocycles. The van der Waals surface area contributed by atoms with Crippen molar-refractivity contribution in [3.05, 3.63) is 50.1 Å². The summed E-state index contributed by atoms with van der Waals surface area (Å²) in [5.41, 5.74) is 1.04. The summed E-state index contributed by atoms with van der Waals surface area (Å²) >= 11 is 6.89. The van der Waals surface area contributed by atoms with Crippen LogP contribution in [0.2, 0.25) is 0 Å². The van der Waals surface area contributed by atoms with Gasteiger partial charge in [-0.15, -0.1) is 22.7 Å². The van der Waals surface area contributed by atoms with Crippen LogP contribution in [-0.4, -0.2) is 17.4 Å². The maximum Gasteiger partial charge on any atom is 0.220 e. The maximum absolute atomic E-state index is 11.9. The number of nitrogens with zero attached hydrogens (tertiary/aromatic N) is 1. The summed E-state index contributed by atoms with van der Waals surface area (Å²) in [5, 5.41) is 4.07. The third kappa shape index (κ3) is 4.86. The topological polar surface area (TPSA) is 42.0 Å². The van der Waals surface area contributed by atoms with Crippen LogP contribution in [0, 0.1) is 0 Å². The van der Waals surface area contributed by atoms with E-state index in [4.69, 9.17) is 0 Å². The van der Waals surface area contributed by atoms with E-state index in [0.29, 0.717) is 13.0 Å². The van der Waals surface area contributed by atoms with Crippen LogP contribution in [-0.2, 0) is 17.6 Å². The fourth-order valence-corrected chi connectivity index (χ4v) is 4.83. The van der Waals surface area contributed by atoms with Gasteiger partial charge in [0, 0.05) is 24.3 Å². The molecule has 0 aliphatic carbocycles. The van der Waals surface area contributed by atoms with Gasteiger partial charge in [-0.05, 0) is 53.0 Å². The predicted octanol–water partition coefficient (Wildman–Crippen LogP) is 4.80. The molecule has 120 valence electrons. The first kappa shape index (κ1) is 16.6. The fourth-order valence-electron chi connectivity index (χ4n) is 2.33. The molecule has 1 aromatic carbocycles. The molecule has 0 bridgehead atoms. The fraction of sp³-hybridized carbons (Fsp3) is 0.294. The minimum absolute atomic E-state index is 0.127. The van der Waals surface area contributed by atoms with Crippen molar-refractivity contribution in [1.29, 1.82) is 0 Å². The van der Waals surface area contributed by atoms with Crippen molar-refractivity contribution >= 4 is 54.7 Å². The van der Waals surface area contributed by atoms with E-state index in [1.54, 1.807) is 22.7 Å². The zero-order chi connectivity index (χ0) is 16.1. The molecule has 1 amide bonds. The summed E-state index contributed by atoms with van der Waals surface area (Å²) in [6, 6.07) is 12.3. The molecule has 3 aromatic rings. The Morgan fingerprint density at radius 2 is 2.00 bits per heavy atom. The smallest absolute Gasteiger partial charge is 0.220 e. The van der Waals surface area contributed by atoms with Crippen molar-refractivity contribution in [1.82, 2.24) is 10.3 Å². The number of para-hydroxylation sites is 1. The van der Waals surface area contributed by atoms with Crippen LogP contribution in [0.4, 0.5) is 0 Å².